The molecule has 0 saturated heterocycles. The van der Waals surface area contributed by atoms with E-state index in [1.54, 1.807) is 11.8 Å². The average Bonchev–Trinajstić information content (AvgIpc) is 2.75. The third kappa shape index (κ3) is 4.45. The first kappa shape index (κ1) is 14.8. The second kappa shape index (κ2) is 6.70. The lowest BCUT2D eigenvalue weighted by molar-refractivity contribution is 0.585. The largest absolute Gasteiger partial charge is 0.310 e. The van der Waals surface area contributed by atoms with Gasteiger partial charge in [0, 0.05) is 22.5 Å². The topological polar surface area (TPSA) is 37.8 Å². The number of hydrogen-bond donors (Lipinski definition) is 1. The van der Waals surface area contributed by atoms with Gasteiger partial charge in [0.05, 0.1) is 0 Å². The van der Waals surface area contributed by atoms with Crippen LogP contribution < -0.4 is 5.32 Å². The normalized spacial score (nSPS) is 11.2. The third-order valence-electron chi connectivity index (χ3n) is 2.43. The molecule has 1 aromatic carbocycles. The number of rotatable bonds is 5. The van der Waals surface area contributed by atoms with Crippen LogP contribution in [0.1, 0.15) is 25.2 Å². The number of hydrogen-bond acceptors (Lipinski definition) is 5. The van der Waals surface area contributed by atoms with Gasteiger partial charge in [0.2, 0.25) is 0 Å². The van der Waals surface area contributed by atoms with E-state index in [1.165, 1.54) is 22.0 Å². The number of nitrogens with one attached hydrogen (secondary N) is 1. The molecule has 0 fully saturated rings. The van der Waals surface area contributed by atoms with Crippen LogP contribution in [0.5, 0.6) is 0 Å². The summed E-state index contributed by atoms with van der Waals surface area (Å²) < 4.78 is 5.17. The van der Waals surface area contributed by atoms with E-state index in [0.717, 1.165) is 21.7 Å². The van der Waals surface area contributed by atoms with Gasteiger partial charge in [0.15, 0.2) is 4.34 Å². The molecule has 3 nitrogen and oxygen atoms in total. The highest BCUT2D eigenvalue weighted by Crippen LogP contribution is 2.33. The summed E-state index contributed by atoms with van der Waals surface area (Å²) in [5, 5.41) is 4.18. The maximum atomic E-state index is 6.08. The highest BCUT2D eigenvalue weighted by molar-refractivity contribution is 8.01. The van der Waals surface area contributed by atoms with Crippen LogP contribution in [-0.2, 0) is 6.54 Å². The summed E-state index contributed by atoms with van der Waals surface area (Å²) >= 11 is 9.15. The molecule has 0 radical (unpaired) electrons. The first-order valence-electron chi connectivity index (χ1n) is 6.04. The molecule has 0 aliphatic carbocycles. The molecule has 2 aromatic rings. The molecule has 0 aliphatic rings. The summed E-state index contributed by atoms with van der Waals surface area (Å²) in [6.45, 7) is 6.97. The first-order chi connectivity index (χ1) is 9.04. The molecule has 6 heteroatoms. The van der Waals surface area contributed by atoms with Gasteiger partial charge in [-0.25, -0.2) is 4.98 Å². The van der Waals surface area contributed by atoms with Crippen molar-refractivity contribution in [1.29, 1.82) is 0 Å². The fraction of sp³-hybridized carbons (Fsp3) is 0.385. The van der Waals surface area contributed by atoms with E-state index >= 15 is 0 Å². The fourth-order valence-electron chi connectivity index (χ4n) is 1.51. The lowest BCUT2D eigenvalue weighted by Crippen LogP contribution is -2.22. The van der Waals surface area contributed by atoms with Gasteiger partial charge in [-0.15, -0.1) is 0 Å². The van der Waals surface area contributed by atoms with Crippen molar-refractivity contribution < 1.29 is 0 Å². The molecule has 1 aromatic heterocycles. The van der Waals surface area contributed by atoms with Crippen LogP contribution in [0.2, 0.25) is 5.02 Å². The van der Waals surface area contributed by atoms with Crippen LogP contribution in [0.3, 0.4) is 0 Å². The highest BCUT2D eigenvalue weighted by Gasteiger charge is 2.09. The molecule has 102 valence electrons. The minimum Gasteiger partial charge on any atom is -0.310 e. The molecule has 0 atom stereocenters. The first-order valence-corrected chi connectivity index (χ1v) is 8.01. The third-order valence-corrected chi connectivity index (χ3v) is 4.63. The maximum Gasteiger partial charge on any atom is 0.174 e. The minimum absolute atomic E-state index is 0.445. The van der Waals surface area contributed by atoms with Crippen molar-refractivity contribution in [2.75, 3.05) is 0 Å². The van der Waals surface area contributed by atoms with Crippen molar-refractivity contribution in [3.63, 3.8) is 0 Å². The number of benzene rings is 1. The lowest BCUT2D eigenvalue weighted by Gasteiger charge is -2.12. The Morgan fingerprint density at radius 2 is 2.21 bits per heavy atom. The summed E-state index contributed by atoms with van der Waals surface area (Å²) in [5.74, 6) is 0.823. The van der Waals surface area contributed by atoms with Crippen LogP contribution in [0, 0.1) is 6.92 Å². The van der Waals surface area contributed by atoms with Crippen LogP contribution in [0.25, 0.3) is 0 Å². The summed E-state index contributed by atoms with van der Waals surface area (Å²) in [5.41, 5.74) is 1.19. The molecule has 0 spiro atoms. The molecule has 0 bridgehead atoms. The Morgan fingerprint density at radius 3 is 2.84 bits per heavy atom. The number of aromatic nitrogens is 2. The number of halogens is 1. The Hall–Kier alpha value is -0.620. The molecule has 0 amide bonds. The van der Waals surface area contributed by atoms with E-state index in [4.69, 9.17) is 11.6 Å². The molecule has 0 unspecified atom stereocenters. The Morgan fingerprint density at radius 1 is 1.42 bits per heavy atom. The quantitative estimate of drug-likeness (QED) is 0.900. The Balaban J connectivity index is 2.18. The van der Waals surface area contributed by atoms with Gasteiger partial charge in [-0.3, -0.25) is 0 Å². The van der Waals surface area contributed by atoms with Crippen molar-refractivity contribution in [3.05, 3.63) is 34.6 Å². The molecule has 0 aliphatic heterocycles. The van der Waals surface area contributed by atoms with Gasteiger partial charge in [0.1, 0.15) is 5.82 Å². The monoisotopic (exact) mass is 313 g/mol. The minimum atomic E-state index is 0.445. The maximum absolute atomic E-state index is 6.08. The van der Waals surface area contributed by atoms with Gasteiger partial charge in [0.25, 0.3) is 0 Å². The molecule has 19 heavy (non-hydrogen) atoms. The zero-order valence-corrected chi connectivity index (χ0v) is 13.5. The Labute approximate surface area is 127 Å². The van der Waals surface area contributed by atoms with Crippen molar-refractivity contribution >= 4 is 34.9 Å². The zero-order valence-electron chi connectivity index (χ0n) is 11.1. The van der Waals surface area contributed by atoms with Gasteiger partial charge in [-0.05, 0) is 42.2 Å². The van der Waals surface area contributed by atoms with E-state index in [9.17, 15) is 0 Å². The standard InChI is InChI=1S/C13H16ClN3S2/c1-8(2)15-7-10-6-11(14)4-5-12(10)18-13-16-9(3)17-19-13/h4-6,8,15H,7H2,1-3H3. The van der Waals surface area contributed by atoms with Crippen molar-refractivity contribution in [3.8, 4) is 0 Å². The van der Waals surface area contributed by atoms with E-state index in [-0.39, 0.29) is 0 Å². The number of aryl methyl sites for hydroxylation is 1. The Bertz CT molecular complexity index is 555. The molecular formula is C13H16ClN3S2. The smallest absolute Gasteiger partial charge is 0.174 e. The van der Waals surface area contributed by atoms with Crippen LogP contribution in [0.15, 0.2) is 27.4 Å². The number of nitrogens with zero attached hydrogens (tertiary/aromatic N) is 2. The van der Waals surface area contributed by atoms with Gasteiger partial charge < -0.3 is 5.32 Å². The zero-order chi connectivity index (χ0) is 13.8. The fourth-order valence-corrected chi connectivity index (χ4v) is 3.43. The molecule has 2 rings (SSSR count). The van der Waals surface area contributed by atoms with E-state index in [0.29, 0.717) is 6.04 Å². The van der Waals surface area contributed by atoms with Crippen molar-refractivity contribution in [2.24, 2.45) is 0 Å². The second-order valence-corrected chi connectivity index (χ2v) is 6.97. The van der Waals surface area contributed by atoms with Gasteiger partial charge >= 0.3 is 0 Å². The highest BCUT2D eigenvalue weighted by atomic mass is 35.5. The van der Waals surface area contributed by atoms with Crippen molar-refractivity contribution in [1.82, 2.24) is 14.7 Å². The SMILES string of the molecule is Cc1nsc(Sc2ccc(Cl)cc2CNC(C)C)n1. The molecule has 0 saturated carbocycles. The van der Waals surface area contributed by atoms with E-state index in [1.807, 2.05) is 25.1 Å². The summed E-state index contributed by atoms with van der Waals surface area (Å²) in [6, 6.07) is 6.41. The van der Waals surface area contributed by atoms with Gasteiger partial charge in [-0.2, -0.15) is 4.37 Å². The Kier molecular flexibility index (Phi) is 5.21. The molecule has 1 N–H and O–H groups in total. The van der Waals surface area contributed by atoms with E-state index < -0.39 is 0 Å². The molecule has 1 heterocycles. The van der Waals surface area contributed by atoms with E-state index in [2.05, 4.69) is 28.5 Å². The van der Waals surface area contributed by atoms with Crippen LogP contribution in [-0.4, -0.2) is 15.4 Å². The van der Waals surface area contributed by atoms with Gasteiger partial charge in [-0.1, -0.05) is 37.2 Å². The summed E-state index contributed by atoms with van der Waals surface area (Å²) in [6.07, 6.45) is 0. The van der Waals surface area contributed by atoms with Crippen LogP contribution in [0.4, 0.5) is 0 Å². The predicted molar refractivity (Wildman–Crippen MR) is 82.2 cm³/mol. The van der Waals surface area contributed by atoms with Crippen molar-refractivity contribution in [2.45, 2.75) is 42.6 Å². The second-order valence-electron chi connectivity index (χ2n) is 4.50. The molecular weight excluding hydrogens is 298 g/mol. The summed E-state index contributed by atoms with van der Waals surface area (Å²) in [7, 11) is 0. The predicted octanol–water partition coefficient (Wildman–Crippen LogP) is 4.15. The summed E-state index contributed by atoms with van der Waals surface area (Å²) in [4.78, 5) is 5.56. The lowest BCUT2D eigenvalue weighted by atomic mass is 10.2. The average molecular weight is 314 g/mol. The van der Waals surface area contributed by atoms with Crippen LogP contribution >= 0.6 is 34.9 Å².